The second-order valence-electron chi connectivity index (χ2n) is 9.95. The van der Waals surface area contributed by atoms with E-state index < -0.39 is 15.0 Å². The van der Waals surface area contributed by atoms with E-state index in [1.165, 1.54) is 61.3 Å². The fraction of sp³-hybridized carbons (Fsp3) is 0.333. The van der Waals surface area contributed by atoms with Crippen molar-refractivity contribution in [3.05, 3.63) is 75.8 Å². The van der Waals surface area contributed by atoms with E-state index in [0.717, 1.165) is 0 Å². The maximum atomic E-state index is 6.78. The van der Waals surface area contributed by atoms with Crippen molar-refractivity contribution >= 4 is 43.2 Å². The molecule has 0 radical (unpaired) electrons. The molecule has 0 aliphatic rings. The third-order valence-corrected chi connectivity index (χ3v) is 12.0. The van der Waals surface area contributed by atoms with Gasteiger partial charge >= 0.3 is 0 Å². The van der Waals surface area contributed by atoms with E-state index in [0.29, 0.717) is 0 Å². The van der Waals surface area contributed by atoms with Crippen LogP contribution in [-0.4, -0.2) is 8.24 Å². The predicted octanol–water partition coefficient (Wildman–Crippen LogP) is 10.2. The molecule has 3 aromatic carbocycles. The molecule has 0 fully saturated rings. The first kappa shape index (κ1) is 25.3. The van der Waals surface area contributed by atoms with Crippen LogP contribution in [0.15, 0.2) is 42.5 Å². The summed E-state index contributed by atoms with van der Waals surface area (Å²) in [6.07, 6.45) is 0. The van der Waals surface area contributed by atoms with Crippen LogP contribution in [0.2, 0.25) is 19.6 Å². The number of aryl methyl sites for hydroxylation is 6. The third-order valence-electron chi connectivity index (χ3n) is 5.93. The second kappa shape index (κ2) is 9.51. The third kappa shape index (κ3) is 4.94. The Morgan fingerprint density at radius 2 is 1.00 bits per heavy atom. The highest BCUT2D eigenvalue weighted by atomic mass is 35.9. The highest BCUT2D eigenvalue weighted by Crippen LogP contribution is 2.59. The quantitative estimate of drug-likeness (QED) is 0.248. The molecule has 32 heavy (non-hydrogen) atoms. The smallest absolute Gasteiger partial charge is 0.179 e. The van der Waals surface area contributed by atoms with Crippen LogP contribution in [-0.2, 0) is 0 Å². The van der Waals surface area contributed by atoms with E-state index >= 15 is 0 Å². The Bertz CT molecular complexity index is 1040. The molecule has 0 amide bonds. The first-order chi connectivity index (χ1) is 14.8. The standard InChI is InChI=1S/C27H34Cl2NPSi/c1-17-13-19(3)25(20(4)14-17)23-11-10-12-24(26-21(5)15-18(2)16-22(26)6)27(23)30(31(28)29)32(7,8)9/h10-16H,1-9H3. The van der Waals surface area contributed by atoms with Crippen molar-refractivity contribution in [3.8, 4) is 22.3 Å². The molecule has 170 valence electrons. The number of benzene rings is 3. The SMILES string of the molecule is Cc1cc(C)c(-c2cccc(-c3c(C)cc(C)cc3C)c2N(P(Cl)Cl)[Si](C)(C)C)c(C)c1. The van der Waals surface area contributed by atoms with Gasteiger partial charge in [0, 0.05) is 16.8 Å². The second-order valence-corrected chi connectivity index (χ2v) is 18.4. The van der Waals surface area contributed by atoms with Crippen LogP contribution in [0, 0.1) is 41.5 Å². The van der Waals surface area contributed by atoms with E-state index in [4.69, 9.17) is 22.5 Å². The van der Waals surface area contributed by atoms with Crippen molar-refractivity contribution in [2.75, 3.05) is 4.34 Å². The lowest BCUT2D eigenvalue weighted by molar-refractivity contribution is 1.30. The van der Waals surface area contributed by atoms with Gasteiger partial charge in [0.25, 0.3) is 0 Å². The Balaban J connectivity index is 2.51. The lowest BCUT2D eigenvalue weighted by atomic mass is 9.87. The Labute approximate surface area is 206 Å². The van der Waals surface area contributed by atoms with Crippen LogP contribution in [0.4, 0.5) is 5.69 Å². The van der Waals surface area contributed by atoms with Crippen molar-refractivity contribution in [3.63, 3.8) is 0 Å². The largest absolute Gasteiger partial charge is 0.353 e. The van der Waals surface area contributed by atoms with Gasteiger partial charge in [-0.2, -0.15) is 0 Å². The minimum Gasteiger partial charge on any atom is -0.353 e. The molecule has 1 nitrogen and oxygen atoms in total. The lowest BCUT2D eigenvalue weighted by Crippen LogP contribution is -2.41. The van der Waals surface area contributed by atoms with Gasteiger partial charge in [0.2, 0.25) is 0 Å². The molecule has 0 bridgehead atoms. The number of rotatable bonds is 5. The molecule has 0 aromatic heterocycles. The summed E-state index contributed by atoms with van der Waals surface area (Å²) in [5.74, 6) is 0. The van der Waals surface area contributed by atoms with Gasteiger partial charge in [-0.15, -0.1) is 0 Å². The van der Waals surface area contributed by atoms with Gasteiger partial charge < -0.3 is 4.34 Å². The van der Waals surface area contributed by atoms with Crippen LogP contribution in [0.25, 0.3) is 22.3 Å². The van der Waals surface area contributed by atoms with Crippen molar-refractivity contribution in [1.82, 2.24) is 0 Å². The summed E-state index contributed by atoms with van der Waals surface area (Å²) in [5, 5.41) is 0. The topological polar surface area (TPSA) is 3.24 Å². The van der Waals surface area contributed by atoms with E-state index in [1.807, 2.05) is 0 Å². The molecular formula is C27H34Cl2NPSi. The molecular weight excluding hydrogens is 468 g/mol. The zero-order valence-corrected chi connectivity index (χ0v) is 24.1. The van der Waals surface area contributed by atoms with E-state index in [1.54, 1.807) is 0 Å². The van der Waals surface area contributed by atoms with Crippen molar-refractivity contribution in [2.45, 2.75) is 61.2 Å². The number of nitrogens with zero attached hydrogens (tertiary/aromatic N) is 1. The van der Waals surface area contributed by atoms with E-state index in [2.05, 4.69) is 108 Å². The summed E-state index contributed by atoms with van der Waals surface area (Å²) in [4.78, 5) is 0. The molecule has 0 heterocycles. The van der Waals surface area contributed by atoms with Gasteiger partial charge in [-0.05, 0) is 74.9 Å². The average molecular weight is 503 g/mol. The Kier molecular flexibility index (Phi) is 7.52. The zero-order chi connectivity index (χ0) is 24.0. The maximum Gasteiger partial charge on any atom is 0.179 e. The monoisotopic (exact) mass is 501 g/mol. The molecule has 0 atom stereocenters. The normalized spacial score (nSPS) is 11.9. The highest BCUT2D eigenvalue weighted by Gasteiger charge is 2.34. The summed E-state index contributed by atoms with van der Waals surface area (Å²) in [6.45, 7) is 18.7. The fourth-order valence-electron chi connectivity index (χ4n) is 5.02. The van der Waals surface area contributed by atoms with Crippen molar-refractivity contribution in [1.29, 1.82) is 0 Å². The fourth-order valence-corrected chi connectivity index (χ4v) is 12.7. The zero-order valence-electron chi connectivity index (χ0n) is 20.7. The van der Waals surface area contributed by atoms with Crippen LogP contribution >= 0.6 is 29.3 Å². The van der Waals surface area contributed by atoms with Gasteiger partial charge in [-0.3, -0.25) is 0 Å². The van der Waals surface area contributed by atoms with Crippen LogP contribution in [0.1, 0.15) is 33.4 Å². The molecule has 5 heteroatoms. The predicted molar refractivity (Wildman–Crippen MR) is 150 cm³/mol. The highest BCUT2D eigenvalue weighted by molar-refractivity contribution is 8.06. The van der Waals surface area contributed by atoms with E-state index in [9.17, 15) is 0 Å². The maximum absolute atomic E-state index is 6.78. The number of hydrogen-bond acceptors (Lipinski definition) is 1. The van der Waals surface area contributed by atoms with Gasteiger partial charge in [-0.1, -0.05) is 95.7 Å². The van der Waals surface area contributed by atoms with Crippen LogP contribution in [0.3, 0.4) is 0 Å². The molecule has 0 aliphatic carbocycles. The van der Waals surface area contributed by atoms with Crippen LogP contribution < -0.4 is 4.34 Å². The van der Waals surface area contributed by atoms with Crippen molar-refractivity contribution < 1.29 is 0 Å². The Hall–Kier alpha value is -1.31. The van der Waals surface area contributed by atoms with Crippen molar-refractivity contribution in [2.24, 2.45) is 0 Å². The minimum atomic E-state index is -1.91. The van der Waals surface area contributed by atoms with Crippen LogP contribution in [0.5, 0.6) is 0 Å². The number of anilines is 1. The summed E-state index contributed by atoms with van der Waals surface area (Å²) >= 11 is 13.6. The first-order valence-electron chi connectivity index (χ1n) is 11.0. The van der Waals surface area contributed by atoms with E-state index in [-0.39, 0.29) is 0 Å². The summed E-state index contributed by atoms with van der Waals surface area (Å²) in [6, 6.07) is 15.7. The molecule has 0 spiro atoms. The minimum absolute atomic E-state index is 1.17. The number of para-hydroxylation sites is 1. The molecule has 0 saturated heterocycles. The lowest BCUT2D eigenvalue weighted by Gasteiger charge is -2.40. The average Bonchev–Trinajstić information content (AvgIpc) is 2.60. The summed E-state index contributed by atoms with van der Waals surface area (Å²) < 4.78 is 2.35. The molecule has 3 rings (SSSR count). The molecule has 0 unspecified atom stereocenters. The Morgan fingerprint density at radius 1 is 0.656 bits per heavy atom. The number of halogens is 2. The van der Waals surface area contributed by atoms with Gasteiger partial charge in [-0.25, -0.2) is 0 Å². The molecule has 0 N–H and O–H groups in total. The molecule has 0 aliphatic heterocycles. The van der Waals surface area contributed by atoms with Gasteiger partial charge in [0.1, 0.15) is 0 Å². The molecule has 3 aromatic rings. The summed E-state index contributed by atoms with van der Waals surface area (Å²) in [5.41, 5.74) is 13.9. The van der Waals surface area contributed by atoms with Gasteiger partial charge in [0.15, 0.2) is 15.0 Å². The van der Waals surface area contributed by atoms with Gasteiger partial charge in [0.05, 0.1) is 0 Å². The summed E-state index contributed by atoms with van der Waals surface area (Å²) in [7, 11) is -1.91. The first-order valence-corrected chi connectivity index (χ1v) is 17.6. The molecule has 0 saturated carbocycles. The Morgan fingerprint density at radius 3 is 1.28 bits per heavy atom. The number of hydrogen-bond donors (Lipinski definition) is 0.